The first-order valence-electron chi connectivity index (χ1n) is 12.7. The van der Waals surface area contributed by atoms with E-state index in [1.54, 1.807) is 0 Å². The van der Waals surface area contributed by atoms with Crippen molar-refractivity contribution in [3.8, 4) is 0 Å². The molecule has 2 aliphatic rings. The highest BCUT2D eigenvalue weighted by molar-refractivity contribution is 4.85. The van der Waals surface area contributed by atoms with Crippen LogP contribution in [0.2, 0.25) is 0 Å². The van der Waals surface area contributed by atoms with Gasteiger partial charge in [-0.25, -0.2) is 0 Å². The van der Waals surface area contributed by atoms with Crippen LogP contribution in [0.3, 0.4) is 0 Å². The molecule has 0 bridgehead atoms. The quantitative estimate of drug-likeness (QED) is 0.288. The van der Waals surface area contributed by atoms with E-state index in [1.807, 2.05) is 0 Å². The van der Waals surface area contributed by atoms with Crippen molar-refractivity contribution in [1.82, 2.24) is 0 Å². The van der Waals surface area contributed by atoms with E-state index in [4.69, 9.17) is 21.7 Å². The molecule has 4 heteroatoms. The van der Waals surface area contributed by atoms with Gasteiger partial charge in [-0.05, 0) is 81.5 Å². The van der Waals surface area contributed by atoms with Gasteiger partial charge in [0.25, 0.3) is 0 Å². The summed E-state index contributed by atoms with van der Waals surface area (Å²) in [5, 5.41) is 17.1. The summed E-state index contributed by atoms with van der Waals surface area (Å²) >= 11 is 0. The molecule has 2 aliphatic carbocycles. The van der Waals surface area contributed by atoms with Gasteiger partial charge in [0.05, 0.1) is 0 Å². The summed E-state index contributed by atoms with van der Waals surface area (Å²) in [5.41, 5.74) is 12.2. The molecule has 2 saturated carbocycles. The molecule has 2 rings (SSSR count). The Morgan fingerprint density at radius 3 is 1.59 bits per heavy atom. The Morgan fingerprint density at radius 1 is 0.724 bits per heavy atom. The van der Waals surface area contributed by atoms with Crippen molar-refractivity contribution in [1.29, 1.82) is 0 Å². The van der Waals surface area contributed by atoms with E-state index < -0.39 is 6.29 Å². The minimum absolute atomic E-state index is 0.463. The molecule has 0 aromatic heterocycles. The summed E-state index contributed by atoms with van der Waals surface area (Å²) in [6.45, 7) is 6.87. The molecule has 0 heterocycles. The molecule has 29 heavy (non-hydrogen) atoms. The third kappa shape index (κ3) is 12.3. The lowest BCUT2D eigenvalue weighted by Crippen LogP contribution is -2.37. The molecule has 0 aromatic rings. The Balaban J connectivity index is 0.000000311. The number of nitrogens with two attached hydrogens (primary N) is 2. The highest BCUT2D eigenvalue weighted by atomic mass is 16.5. The smallest absolute Gasteiger partial charge is 0.151 e. The van der Waals surface area contributed by atoms with Crippen LogP contribution in [0.4, 0.5) is 0 Å². The zero-order valence-corrected chi connectivity index (χ0v) is 19.7. The number of aliphatic hydroxyl groups is 2. The van der Waals surface area contributed by atoms with E-state index in [0.29, 0.717) is 18.5 Å². The number of hydrogen-bond donors (Lipinski definition) is 4. The van der Waals surface area contributed by atoms with Crippen molar-refractivity contribution in [2.24, 2.45) is 35.1 Å². The van der Waals surface area contributed by atoms with Crippen LogP contribution < -0.4 is 11.5 Å². The summed E-state index contributed by atoms with van der Waals surface area (Å²) in [4.78, 5) is 0. The van der Waals surface area contributed by atoms with Crippen molar-refractivity contribution < 1.29 is 10.2 Å². The van der Waals surface area contributed by atoms with Gasteiger partial charge in [-0.15, -0.1) is 0 Å². The normalized spacial score (nSPS) is 32.7. The van der Waals surface area contributed by atoms with E-state index in [2.05, 4.69) is 20.8 Å². The number of aliphatic hydroxyl groups excluding tert-OH is 1. The largest absolute Gasteiger partial charge is 0.368 e. The third-order valence-electron chi connectivity index (χ3n) is 7.42. The summed E-state index contributed by atoms with van der Waals surface area (Å²) in [5.74, 6) is 3.35. The number of rotatable bonds is 10. The lowest BCUT2D eigenvalue weighted by atomic mass is 9.71. The van der Waals surface area contributed by atoms with E-state index in [1.165, 1.54) is 77.0 Å². The first kappa shape index (κ1) is 26.9. The molecule has 0 amide bonds. The summed E-state index contributed by atoms with van der Waals surface area (Å²) < 4.78 is 0. The van der Waals surface area contributed by atoms with Crippen molar-refractivity contribution in [2.45, 2.75) is 135 Å². The molecule has 0 saturated heterocycles. The van der Waals surface area contributed by atoms with Gasteiger partial charge < -0.3 is 21.7 Å². The molecule has 6 unspecified atom stereocenters. The lowest BCUT2D eigenvalue weighted by Gasteiger charge is -2.37. The standard InChI is InChI=1S/C15H30N2.C10H22O2/c1-10-7-12(3-5-14(10)16)9-13-4-6-15(17)11(2)8-13;1-2-3-4-5-6-7-8-9-10(11)12/h10-15H,3-9,16-17H2,1-2H3;10-12H,2-9H2,1H3. The van der Waals surface area contributed by atoms with E-state index in [9.17, 15) is 0 Å². The summed E-state index contributed by atoms with van der Waals surface area (Å²) in [6, 6.07) is 0.926. The minimum Gasteiger partial charge on any atom is -0.368 e. The van der Waals surface area contributed by atoms with Crippen LogP contribution in [0, 0.1) is 23.7 Å². The molecular weight excluding hydrogens is 360 g/mol. The molecule has 6 atom stereocenters. The Bertz CT molecular complexity index is 367. The average Bonchev–Trinajstić information content (AvgIpc) is 2.67. The van der Waals surface area contributed by atoms with Gasteiger partial charge >= 0.3 is 0 Å². The second-order valence-electron chi connectivity index (χ2n) is 10.3. The SMILES string of the molecule is CC1CC(CC2CCC(N)C(C)C2)CCC1N.CCCCCCCCCC(O)O. The maximum absolute atomic E-state index is 8.55. The Labute approximate surface area is 181 Å². The van der Waals surface area contributed by atoms with Crippen LogP contribution >= 0.6 is 0 Å². The van der Waals surface area contributed by atoms with Crippen LogP contribution in [-0.4, -0.2) is 28.6 Å². The maximum Gasteiger partial charge on any atom is 0.151 e. The fraction of sp³-hybridized carbons (Fsp3) is 1.00. The monoisotopic (exact) mass is 412 g/mol. The van der Waals surface area contributed by atoms with Crippen LogP contribution in [0.15, 0.2) is 0 Å². The van der Waals surface area contributed by atoms with Gasteiger partial charge in [0.1, 0.15) is 0 Å². The van der Waals surface area contributed by atoms with Crippen molar-refractivity contribution in [3.05, 3.63) is 0 Å². The zero-order chi connectivity index (χ0) is 21.6. The van der Waals surface area contributed by atoms with Crippen molar-refractivity contribution in [2.75, 3.05) is 0 Å². The maximum atomic E-state index is 8.55. The first-order chi connectivity index (χ1) is 13.8. The van der Waals surface area contributed by atoms with Crippen molar-refractivity contribution >= 4 is 0 Å². The lowest BCUT2D eigenvalue weighted by molar-refractivity contribution is -0.0466. The fourth-order valence-electron chi connectivity index (χ4n) is 5.25. The second kappa shape index (κ2) is 15.6. The predicted octanol–water partition coefficient (Wildman–Crippen LogP) is 5.34. The predicted molar refractivity (Wildman–Crippen MR) is 124 cm³/mol. The Kier molecular flexibility index (Phi) is 14.5. The van der Waals surface area contributed by atoms with Gasteiger partial charge in [0.15, 0.2) is 6.29 Å². The average molecular weight is 413 g/mol. The van der Waals surface area contributed by atoms with Crippen LogP contribution in [0.5, 0.6) is 0 Å². The van der Waals surface area contributed by atoms with Gasteiger partial charge in [-0.1, -0.05) is 59.3 Å². The highest BCUT2D eigenvalue weighted by Gasteiger charge is 2.30. The summed E-state index contributed by atoms with van der Waals surface area (Å²) in [7, 11) is 0. The van der Waals surface area contributed by atoms with E-state index in [-0.39, 0.29) is 0 Å². The Morgan fingerprint density at radius 2 is 1.17 bits per heavy atom. The van der Waals surface area contributed by atoms with E-state index >= 15 is 0 Å². The van der Waals surface area contributed by atoms with Crippen LogP contribution in [0.1, 0.15) is 117 Å². The molecule has 4 nitrogen and oxygen atoms in total. The minimum atomic E-state index is -1.10. The fourth-order valence-corrected chi connectivity index (χ4v) is 5.25. The van der Waals surface area contributed by atoms with Gasteiger partial charge in [0, 0.05) is 12.1 Å². The topological polar surface area (TPSA) is 92.5 Å². The molecule has 174 valence electrons. The molecule has 0 radical (unpaired) electrons. The van der Waals surface area contributed by atoms with Crippen LogP contribution in [0.25, 0.3) is 0 Å². The van der Waals surface area contributed by atoms with Gasteiger partial charge in [-0.3, -0.25) is 0 Å². The molecule has 2 fully saturated rings. The zero-order valence-electron chi connectivity index (χ0n) is 19.7. The summed E-state index contributed by atoms with van der Waals surface area (Å²) in [6.07, 6.45) is 17.4. The first-order valence-corrected chi connectivity index (χ1v) is 12.7. The van der Waals surface area contributed by atoms with E-state index in [0.717, 1.165) is 36.5 Å². The van der Waals surface area contributed by atoms with Gasteiger partial charge in [-0.2, -0.15) is 0 Å². The number of unbranched alkanes of at least 4 members (excludes halogenated alkanes) is 6. The van der Waals surface area contributed by atoms with Gasteiger partial charge in [0.2, 0.25) is 0 Å². The Hall–Kier alpha value is -0.160. The number of hydrogen-bond acceptors (Lipinski definition) is 4. The molecule has 0 aliphatic heterocycles. The molecule has 0 aromatic carbocycles. The second-order valence-corrected chi connectivity index (χ2v) is 10.3. The molecule has 0 spiro atoms. The highest BCUT2D eigenvalue weighted by Crippen LogP contribution is 2.38. The van der Waals surface area contributed by atoms with Crippen LogP contribution in [-0.2, 0) is 0 Å². The third-order valence-corrected chi connectivity index (χ3v) is 7.42. The van der Waals surface area contributed by atoms with Crippen molar-refractivity contribution in [3.63, 3.8) is 0 Å². The molecule has 6 N–H and O–H groups in total. The molecular formula is C25H52N2O2.